The van der Waals surface area contributed by atoms with Gasteiger partial charge in [-0.15, -0.1) is 0 Å². The third-order valence-corrected chi connectivity index (χ3v) is 5.03. The number of hydrogen-bond acceptors (Lipinski definition) is 4. The Balaban J connectivity index is 1.40. The Bertz CT molecular complexity index is 689. The van der Waals surface area contributed by atoms with Gasteiger partial charge >= 0.3 is 0 Å². The molecule has 0 aliphatic carbocycles. The molecule has 2 aromatic heterocycles. The summed E-state index contributed by atoms with van der Waals surface area (Å²) in [7, 11) is 0. The standard InChI is InChI=1S/C19H25N3O3/c23-19(21-7-1-2-8-21)15-25-18-13-20(12-17-6-4-10-24-17)11-16-5-3-9-22(16)14-18/h3-6,9-10,18H,1-2,7-8,11-15H2/t18-/m1/s1. The van der Waals surface area contributed by atoms with Crippen molar-refractivity contribution in [3.63, 3.8) is 0 Å². The maximum Gasteiger partial charge on any atom is 0.248 e. The van der Waals surface area contributed by atoms with Crippen LogP contribution in [0.25, 0.3) is 0 Å². The van der Waals surface area contributed by atoms with E-state index in [0.29, 0.717) is 0 Å². The van der Waals surface area contributed by atoms with Gasteiger partial charge in [0.2, 0.25) is 5.91 Å². The SMILES string of the molecule is O=C(CO[C@@H]1CN(Cc2ccco2)Cc2cccn2C1)N1CCCC1. The number of nitrogens with zero attached hydrogens (tertiary/aromatic N) is 3. The summed E-state index contributed by atoms with van der Waals surface area (Å²) in [5.74, 6) is 1.07. The van der Waals surface area contributed by atoms with Crippen molar-refractivity contribution >= 4 is 5.91 Å². The van der Waals surface area contributed by atoms with Gasteiger partial charge in [-0.3, -0.25) is 9.69 Å². The first-order valence-corrected chi connectivity index (χ1v) is 9.06. The Morgan fingerprint density at radius 3 is 2.88 bits per heavy atom. The van der Waals surface area contributed by atoms with Gasteiger partial charge in [-0.25, -0.2) is 0 Å². The van der Waals surface area contributed by atoms with Gasteiger partial charge in [0.25, 0.3) is 0 Å². The highest BCUT2D eigenvalue weighted by molar-refractivity contribution is 5.77. The Morgan fingerprint density at radius 2 is 2.08 bits per heavy atom. The van der Waals surface area contributed by atoms with E-state index in [1.54, 1.807) is 6.26 Å². The molecule has 134 valence electrons. The number of hydrogen-bond donors (Lipinski definition) is 0. The van der Waals surface area contributed by atoms with E-state index in [4.69, 9.17) is 9.15 Å². The van der Waals surface area contributed by atoms with Gasteiger partial charge in [-0.05, 0) is 37.1 Å². The van der Waals surface area contributed by atoms with E-state index in [2.05, 4.69) is 27.8 Å². The molecule has 4 rings (SSSR count). The zero-order chi connectivity index (χ0) is 17.1. The number of furan rings is 1. The molecule has 4 heterocycles. The van der Waals surface area contributed by atoms with Crippen LogP contribution >= 0.6 is 0 Å². The highest BCUT2D eigenvalue weighted by atomic mass is 16.5. The van der Waals surface area contributed by atoms with Gasteiger partial charge < -0.3 is 18.6 Å². The number of fused-ring (bicyclic) bond motifs is 1. The number of ether oxygens (including phenoxy) is 1. The molecule has 0 radical (unpaired) electrons. The van der Waals surface area contributed by atoms with Crippen LogP contribution in [0.4, 0.5) is 0 Å². The molecule has 0 N–H and O–H groups in total. The van der Waals surface area contributed by atoms with Crippen molar-refractivity contribution in [3.8, 4) is 0 Å². The predicted molar refractivity (Wildman–Crippen MR) is 92.8 cm³/mol. The number of aromatic nitrogens is 1. The van der Waals surface area contributed by atoms with Crippen molar-refractivity contribution in [3.05, 3.63) is 48.2 Å². The van der Waals surface area contributed by atoms with Crippen LogP contribution in [0.15, 0.2) is 41.1 Å². The van der Waals surface area contributed by atoms with Crippen molar-refractivity contribution in [2.24, 2.45) is 0 Å². The van der Waals surface area contributed by atoms with Gasteiger partial charge in [0.1, 0.15) is 12.4 Å². The molecule has 1 atom stereocenters. The monoisotopic (exact) mass is 343 g/mol. The number of carbonyl (C=O) groups is 1. The van der Waals surface area contributed by atoms with E-state index >= 15 is 0 Å². The van der Waals surface area contributed by atoms with Crippen molar-refractivity contribution < 1.29 is 13.9 Å². The Labute approximate surface area is 147 Å². The average molecular weight is 343 g/mol. The highest BCUT2D eigenvalue weighted by Gasteiger charge is 2.25. The highest BCUT2D eigenvalue weighted by Crippen LogP contribution is 2.18. The first kappa shape index (κ1) is 16.4. The van der Waals surface area contributed by atoms with E-state index < -0.39 is 0 Å². The number of carbonyl (C=O) groups excluding carboxylic acids is 1. The molecule has 0 bridgehead atoms. The van der Waals surface area contributed by atoms with Crippen molar-refractivity contribution in [1.29, 1.82) is 0 Å². The minimum absolute atomic E-state index is 0.00448. The largest absolute Gasteiger partial charge is 0.468 e. The van der Waals surface area contributed by atoms with Gasteiger partial charge in [0, 0.05) is 44.6 Å². The molecule has 0 spiro atoms. The van der Waals surface area contributed by atoms with Gasteiger partial charge in [0.05, 0.1) is 18.9 Å². The Hall–Kier alpha value is -2.05. The summed E-state index contributed by atoms with van der Waals surface area (Å²) in [6.07, 6.45) is 6.01. The molecule has 6 nitrogen and oxygen atoms in total. The molecule has 1 fully saturated rings. The lowest BCUT2D eigenvalue weighted by molar-refractivity contribution is -0.137. The second kappa shape index (κ2) is 7.45. The first-order valence-electron chi connectivity index (χ1n) is 9.06. The van der Waals surface area contributed by atoms with Crippen LogP contribution in [0.3, 0.4) is 0 Å². The fourth-order valence-corrected chi connectivity index (χ4v) is 3.73. The third-order valence-electron chi connectivity index (χ3n) is 5.03. The topological polar surface area (TPSA) is 50.9 Å². The summed E-state index contributed by atoms with van der Waals surface area (Å²) in [4.78, 5) is 16.5. The summed E-state index contributed by atoms with van der Waals surface area (Å²) < 4.78 is 13.8. The average Bonchev–Trinajstić information content (AvgIpc) is 3.35. The van der Waals surface area contributed by atoms with E-state index in [-0.39, 0.29) is 18.6 Å². The van der Waals surface area contributed by atoms with Gasteiger partial charge in [0.15, 0.2) is 0 Å². The molecule has 25 heavy (non-hydrogen) atoms. The number of likely N-dealkylation sites (tertiary alicyclic amines) is 1. The first-order chi connectivity index (χ1) is 12.3. The maximum atomic E-state index is 12.3. The molecule has 6 heteroatoms. The van der Waals surface area contributed by atoms with Gasteiger partial charge in [-0.2, -0.15) is 0 Å². The Morgan fingerprint density at radius 1 is 1.20 bits per heavy atom. The lowest BCUT2D eigenvalue weighted by Gasteiger charge is -2.24. The summed E-state index contributed by atoms with van der Waals surface area (Å²) in [6.45, 7) is 5.10. The zero-order valence-electron chi connectivity index (χ0n) is 14.5. The second-order valence-corrected chi connectivity index (χ2v) is 6.92. The molecule has 1 saturated heterocycles. The molecule has 2 aliphatic heterocycles. The minimum atomic E-state index is -0.00448. The molecule has 0 unspecified atom stereocenters. The van der Waals surface area contributed by atoms with E-state index in [9.17, 15) is 4.79 Å². The van der Waals surface area contributed by atoms with Crippen LogP contribution in [0.2, 0.25) is 0 Å². The molecular formula is C19H25N3O3. The smallest absolute Gasteiger partial charge is 0.248 e. The molecule has 0 aromatic carbocycles. The quantitative estimate of drug-likeness (QED) is 0.834. The lowest BCUT2D eigenvalue weighted by atomic mass is 10.3. The van der Waals surface area contributed by atoms with Crippen LogP contribution in [-0.4, -0.2) is 52.6 Å². The second-order valence-electron chi connectivity index (χ2n) is 6.92. The van der Waals surface area contributed by atoms with E-state index in [1.807, 2.05) is 17.0 Å². The Kier molecular flexibility index (Phi) is 4.90. The van der Waals surface area contributed by atoms with Crippen LogP contribution < -0.4 is 0 Å². The fraction of sp³-hybridized carbons (Fsp3) is 0.526. The van der Waals surface area contributed by atoms with Crippen molar-refractivity contribution in [1.82, 2.24) is 14.4 Å². The molecule has 2 aromatic rings. The fourth-order valence-electron chi connectivity index (χ4n) is 3.73. The molecule has 1 amide bonds. The third kappa shape index (κ3) is 3.96. The predicted octanol–water partition coefficient (Wildman–Crippen LogP) is 2.10. The zero-order valence-corrected chi connectivity index (χ0v) is 14.5. The lowest BCUT2D eigenvalue weighted by Crippen LogP contribution is -2.37. The van der Waals surface area contributed by atoms with E-state index in [1.165, 1.54) is 5.69 Å². The van der Waals surface area contributed by atoms with Crippen LogP contribution in [0.1, 0.15) is 24.3 Å². The summed E-state index contributed by atoms with van der Waals surface area (Å²) in [6, 6.07) is 8.13. The molecular weight excluding hydrogens is 318 g/mol. The van der Waals surface area contributed by atoms with Crippen molar-refractivity contribution in [2.75, 3.05) is 26.2 Å². The summed E-state index contributed by atoms with van der Waals surface area (Å²) >= 11 is 0. The summed E-state index contributed by atoms with van der Waals surface area (Å²) in [5, 5.41) is 0. The van der Waals surface area contributed by atoms with Crippen LogP contribution in [0.5, 0.6) is 0 Å². The van der Waals surface area contributed by atoms with Gasteiger partial charge in [-0.1, -0.05) is 0 Å². The number of rotatable bonds is 5. The molecule has 2 aliphatic rings. The van der Waals surface area contributed by atoms with Crippen LogP contribution in [-0.2, 0) is 29.2 Å². The summed E-state index contributed by atoms with van der Waals surface area (Å²) in [5.41, 5.74) is 1.27. The minimum Gasteiger partial charge on any atom is -0.468 e. The van der Waals surface area contributed by atoms with E-state index in [0.717, 1.165) is 57.9 Å². The molecule has 0 saturated carbocycles. The maximum absolute atomic E-state index is 12.3. The van der Waals surface area contributed by atoms with Crippen molar-refractivity contribution in [2.45, 2.75) is 38.6 Å². The number of amides is 1. The van der Waals surface area contributed by atoms with Crippen LogP contribution in [0, 0.1) is 0 Å². The normalized spacial score (nSPS) is 21.3.